The van der Waals surface area contributed by atoms with Crippen LogP contribution in [0.5, 0.6) is 5.75 Å². The molecule has 1 aliphatic heterocycles. The standard InChI is InChI=1S/C21H21NO5/c1-12-3-5-15(6-4-12)19(25)17-18(14-7-9-16(24)10-8-14)22(11-13(2)23)21(27)20(17)26/h3-10,13,18,23-25H,11H2,1-2H3/t13-,18-/m1/s1. The van der Waals surface area contributed by atoms with Crippen LogP contribution in [-0.2, 0) is 9.59 Å². The number of aliphatic hydroxyl groups excluding tert-OH is 2. The first-order valence-corrected chi connectivity index (χ1v) is 8.62. The molecule has 1 heterocycles. The Kier molecular flexibility index (Phi) is 5.01. The van der Waals surface area contributed by atoms with Gasteiger partial charge in [-0.25, -0.2) is 0 Å². The molecule has 2 atom stereocenters. The van der Waals surface area contributed by atoms with Crippen molar-refractivity contribution in [3.05, 3.63) is 70.8 Å². The average molecular weight is 367 g/mol. The molecule has 2 aromatic rings. The van der Waals surface area contributed by atoms with Crippen molar-refractivity contribution in [2.24, 2.45) is 0 Å². The summed E-state index contributed by atoms with van der Waals surface area (Å²) in [6.45, 7) is 3.37. The van der Waals surface area contributed by atoms with E-state index < -0.39 is 23.8 Å². The summed E-state index contributed by atoms with van der Waals surface area (Å²) in [7, 11) is 0. The molecule has 6 heteroatoms. The zero-order valence-electron chi connectivity index (χ0n) is 15.1. The van der Waals surface area contributed by atoms with E-state index in [4.69, 9.17) is 0 Å². The van der Waals surface area contributed by atoms with Crippen molar-refractivity contribution in [2.45, 2.75) is 26.0 Å². The first kappa shape index (κ1) is 18.7. The number of Topliss-reactive ketones (excluding diaryl/α,β-unsaturated/α-hetero) is 1. The van der Waals surface area contributed by atoms with Gasteiger partial charge in [0.25, 0.3) is 11.7 Å². The number of carbonyl (C=O) groups is 2. The molecule has 0 unspecified atom stereocenters. The molecule has 0 aliphatic carbocycles. The smallest absolute Gasteiger partial charge is 0.295 e. The topological polar surface area (TPSA) is 98.1 Å². The summed E-state index contributed by atoms with van der Waals surface area (Å²) in [6, 6.07) is 12.2. The minimum absolute atomic E-state index is 0.0322. The van der Waals surface area contributed by atoms with Gasteiger partial charge in [-0.05, 0) is 31.5 Å². The summed E-state index contributed by atoms with van der Waals surface area (Å²) < 4.78 is 0. The molecule has 1 saturated heterocycles. The number of hydrogen-bond donors (Lipinski definition) is 3. The van der Waals surface area contributed by atoms with Gasteiger partial charge in [0.05, 0.1) is 17.7 Å². The Hall–Kier alpha value is -3.12. The minimum atomic E-state index is -0.846. The van der Waals surface area contributed by atoms with Gasteiger partial charge in [-0.15, -0.1) is 0 Å². The van der Waals surface area contributed by atoms with Crippen LogP contribution in [0.1, 0.15) is 29.7 Å². The van der Waals surface area contributed by atoms with Crippen LogP contribution in [0.4, 0.5) is 0 Å². The zero-order valence-corrected chi connectivity index (χ0v) is 15.1. The molecule has 3 rings (SSSR count). The Morgan fingerprint density at radius 2 is 1.67 bits per heavy atom. The van der Waals surface area contributed by atoms with Crippen molar-refractivity contribution in [1.82, 2.24) is 4.90 Å². The number of nitrogens with zero attached hydrogens (tertiary/aromatic N) is 1. The molecular weight excluding hydrogens is 346 g/mol. The lowest BCUT2D eigenvalue weighted by Gasteiger charge is -2.26. The molecule has 2 aromatic carbocycles. The van der Waals surface area contributed by atoms with Crippen LogP contribution in [0, 0.1) is 6.92 Å². The maximum atomic E-state index is 12.7. The highest BCUT2D eigenvalue weighted by Gasteiger charge is 2.46. The van der Waals surface area contributed by atoms with E-state index >= 15 is 0 Å². The predicted molar refractivity (Wildman–Crippen MR) is 100.0 cm³/mol. The van der Waals surface area contributed by atoms with E-state index in [2.05, 4.69) is 0 Å². The monoisotopic (exact) mass is 367 g/mol. The maximum absolute atomic E-state index is 12.7. The Bertz CT molecular complexity index is 897. The normalized spacial score (nSPS) is 20.1. The number of carbonyl (C=O) groups excluding carboxylic acids is 2. The number of hydrogen-bond acceptors (Lipinski definition) is 5. The number of phenolic OH excluding ortho intramolecular Hbond substituents is 1. The molecule has 140 valence electrons. The van der Waals surface area contributed by atoms with Crippen LogP contribution in [0.2, 0.25) is 0 Å². The van der Waals surface area contributed by atoms with E-state index in [1.165, 1.54) is 24.0 Å². The molecule has 1 aliphatic rings. The summed E-state index contributed by atoms with van der Waals surface area (Å²) in [5.41, 5.74) is 1.95. The average Bonchev–Trinajstić information content (AvgIpc) is 2.87. The summed E-state index contributed by atoms with van der Waals surface area (Å²) >= 11 is 0. The highest BCUT2D eigenvalue weighted by Crippen LogP contribution is 2.39. The van der Waals surface area contributed by atoms with Gasteiger partial charge in [-0.2, -0.15) is 0 Å². The molecule has 1 fully saturated rings. The molecule has 0 saturated carbocycles. The number of ketones is 1. The number of aromatic hydroxyl groups is 1. The quantitative estimate of drug-likeness (QED) is 0.438. The maximum Gasteiger partial charge on any atom is 0.295 e. The van der Waals surface area contributed by atoms with Gasteiger partial charge in [-0.3, -0.25) is 9.59 Å². The number of aryl methyl sites for hydroxylation is 1. The number of amides is 1. The molecule has 27 heavy (non-hydrogen) atoms. The summed E-state index contributed by atoms with van der Waals surface area (Å²) in [5, 5.41) is 30.1. The van der Waals surface area contributed by atoms with Gasteiger partial charge in [-0.1, -0.05) is 42.0 Å². The zero-order chi connectivity index (χ0) is 19.7. The van der Waals surface area contributed by atoms with Crippen LogP contribution in [0.25, 0.3) is 5.76 Å². The molecule has 0 bridgehead atoms. The fourth-order valence-corrected chi connectivity index (χ4v) is 3.22. The van der Waals surface area contributed by atoms with Gasteiger partial charge in [0.15, 0.2) is 0 Å². The summed E-state index contributed by atoms with van der Waals surface area (Å²) in [6.07, 6.45) is -0.845. The Morgan fingerprint density at radius 1 is 1.07 bits per heavy atom. The second-order valence-electron chi connectivity index (χ2n) is 6.76. The van der Waals surface area contributed by atoms with Crippen molar-refractivity contribution >= 4 is 17.4 Å². The van der Waals surface area contributed by atoms with Crippen molar-refractivity contribution in [1.29, 1.82) is 0 Å². The number of aliphatic hydroxyl groups is 2. The molecule has 3 N–H and O–H groups in total. The van der Waals surface area contributed by atoms with E-state index in [0.717, 1.165) is 5.56 Å². The fourth-order valence-electron chi connectivity index (χ4n) is 3.22. The van der Waals surface area contributed by atoms with Gasteiger partial charge in [0.1, 0.15) is 11.5 Å². The third-order valence-electron chi connectivity index (χ3n) is 4.53. The number of rotatable bonds is 4. The second-order valence-corrected chi connectivity index (χ2v) is 6.76. The lowest BCUT2D eigenvalue weighted by molar-refractivity contribution is -0.140. The lowest BCUT2D eigenvalue weighted by Crippen LogP contribution is -2.35. The number of benzene rings is 2. The summed E-state index contributed by atoms with van der Waals surface area (Å²) in [5.74, 6) is -1.79. The summed E-state index contributed by atoms with van der Waals surface area (Å²) in [4.78, 5) is 26.5. The van der Waals surface area contributed by atoms with Crippen molar-refractivity contribution in [3.63, 3.8) is 0 Å². The van der Waals surface area contributed by atoms with E-state index in [1.54, 1.807) is 36.4 Å². The van der Waals surface area contributed by atoms with Crippen LogP contribution in [0.3, 0.4) is 0 Å². The number of β-amino-alcohol motifs (C(OH)–C–C–N with tert-alkyl or cyclic N) is 1. The van der Waals surface area contributed by atoms with Gasteiger partial charge in [0.2, 0.25) is 0 Å². The lowest BCUT2D eigenvalue weighted by atomic mass is 9.95. The Balaban J connectivity index is 2.17. The Labute approximate surface area is 157 Å². The van der Waals surface area contributed by atoms with Crippen LogP contribution in [0.15, 0.2) is 54.1 Å². The second kappa shape index (κ2) is 7.25. The van der Waals surface area contributed by atoms with Gasteiger partial charge in [0, 0.05) is 12.1 Å². The number of phenols is 1. The minimum Gasteiger partial charge on any atom is -0.508 e. The molecule has 0 radical (unpaired) electrons. The number of likely N-dealkylation sites (tertiary alicyclic amines) is 1. The van der Waals surface area contributed by atoms with E-state index in [-0.39, 0.29) is 23.6 Å². The van der Waals surface area contributed by atoms with Crippen molar-refractivity contribution in [3.8, 4) is 5.75 Å². The largest absolute Gasteiger partial charge is 0.508 e. The first-order valence-electron chi connectivity index (χ1n) is 8.62. The van der Waals surface area contributed by atoms with Crippen molar-refractivity contribution in [2.75, 3.05) is 6.54 Å². The van der Waals surface area contributed by atoms with E-state index in [0.29, 0.717) is 11.1 Å². The molecule has 1 amide bonds. The van der Waals surface area contributed by atoms with E-state index in [9.17, 15) is 24.9 Å². The van der Waals surface area contributed by atoms with Crippen LogP contribution < -0.4 is 0 Å². The molecule has 6 nitrogen and oxygen atoms in total. The Morgan fingerprint density at radius 3 is 2.22 bits per heavy atom. The van der Waals surface area contributed by atoms with E-state index in [1.807, 2.05) is 6.92 Å². The highest BCUT2D eigenvalue weighted by molar-refractivity contribution is 6.46. The van der Waals surface area contributed by atoms with Crippen LogP contribution in [-0.4, -0.2) is 44.6 Å². The third kappa shape index (κ3) is 3.57. The predicted octanol–water partition coefficient (Wildman–Crippen LogP) is 2.50. The van der Waals surface area contributed by atoms with Crippen LogP contribution >= 0.6 is 0 Å². The SMILES string of the molecule is Cc1ccc(C(O)=C2C(=O)C(=O)N(C[C@@H](C)O)[C@@H]2c2ccc(O)cc2)cc1. The highest BCUT2D eigenvalue weighted by atomic mass is 16.3. The van der Waals surface area contributed by atoms with Gasteiger partial charge >= 0.3 is 0 Å². The van der Waals surface area contributed by atoms with Gasteiger partial charge < -0.3 is 20.2 Å². The molecule has 0 spiro atoms. The molecular formula is C21H21NO5. The third-order valence-corrected chi connectivity index (χ3v) is 4.53. The fraction of sp³-hybridized carbons (Fsp3) is 0.238. The van der Waals surface area contributed by atoms with Crippen molar-refractivity contribution < 1.29 is 24.9 Å². The first-order chi connectivity index (χ1) is 12.8. The molecule has 0 aromatic heterocycles.